The fourth-order valence-corrected chi connectivity index (χ4v) is 2.47. The molecule has 0 bridgehead atoms. The van der Waals surface area contributed by atoms with Crippen molar-refractivity contribution in [3.8, 4) is 5.75 Å². The molecule has 0 aliphatic rings. The largest absolute Gasteiger partial charge is 0.497 e. The maximum Gasteiger partial charge on any atom is 0.320 e. The van der Waals surface area contributed by atoms with Crippen molar-refractivity contribution in [1.29, 1.82) is 0 Å². The first-order valence-electron chi connectivity index (χ1n) is 7.55. The molecular weight excluding hydrogens is 285 g/mol. The summed E-state index contributed by atoms with van der Waals surface area (Å²) in [5.74, 6) is 0.731. The Morgan fingerprint density at radius 1 is 1.04 bits per heavy atom. The molecule has 0 spiro atoms. The number of benzene rings is 2. The minimum atomic E-state index is -0.531. The fraction of sp³-hybridized carbons (Fsp3) is 0.105. The van der Waals surface area contributed by atoms with Crippen LogP contribution in [-0.2, 0) is 0 Å². The highest BCUT2D eigenvalue weighted by molar-refractivity contribution is 6.64. The second-order valence-electron chi connectivity index (χ2n) is 5.51. The Morgan fingerprint density at radius 2 is 1.83 bits per heavy atom. The third-order valence-corrected chi connectivity index (χ3v) is 3.77. The highest BCUT2D eigenvalue weighted by Crippen LogP contribution is 2.17. The summed E-state index contributed by atoms with van der Waals surface area (Å²) in [6.45, 7) is 1.21. The molecule has 2 aromatic carbocycles. The van der Waals surface area contributed by atoms with Crippen molar-refractivity contribution in [2.24, 2.45) is 0 Å². The van der Waals surface area contributed by atoms with Crippen molar-refractivity contribution in [2.45, 2.75) is 6.82 Å². The zero-order valence-corrected chi connectivity index (χ0v) is 13.2. The predicted molar refractivity (Wildman–Crippen MR) is 97.1 cm³/mol. The van der Waals surface area contributed by atoms with Gasteiger partial charge in [-0.15, -0.1) is 0 Å². The van der Waals surface area contributed by atoms with E-state index in [9.17, 15) is 5.02 Å². The second kappa shape index (κ2) is 6.67. The Balaban J connectivity index is 1.93. The Bertz CT molecular complexity index is 859. The van der Waals surface area contributed by atoms with Crippen LogP contribution in [0.2, 0.25) is 6.82 Å². The molecule has 0 saturated carbocycles. The number of ether oxygens (including phenoxy) is 1. The Labute approximate surface area is 136 Å². The lowest BCUT2D eigenvalue weighted by atomic mass is 9.64. The first kappa shape index (κ1) is 15.3. The molecule has 114 valence electrons. The van der Waals surface area contributed by atoms with Crippen molar-refractivity contribution >= 4 is 35.3 Å². The molecule has 3 nitrogen and oxygen atoms in total. The summed E-state index contributed by atoms with van der Waals surface area (Å²) in [5, 5.41) is 12.1. The van der Waals surface area contributed by atoms with Crippen LogP contribution in [-0.4, -0.2) is 24.0 Å². The van der Waals surface area contributed by atoms with Crippen LogP contribution in [0.15, 0.2) is 54.7 Å². The SMILES string of the molecule is COc1cc(/C=C/c2cc3ccccc3cn2)cc(B(C)O)c1. The molecule has 3 aromatic rings. The van der Waals surface area contributed by atoms with Gasteiger partial charge in [0.25, 0.3) is 0 Å². The average molecular weight is 303 g/mol. The van der Waals surface area contributed by atoms with Gasteiger partial charge in [-0.2, -0.15) is 0 Å². The van der Waals surface area contributed by atoms with Crippen LogP contribution in [0.4, 0.5) is 0 Å². The fourth-order valence-electron chi connectivity index (χ4n) is 2.47. The van der Waals surface area contributed by atoms with Crippen molar-refractivity contribution in [3.63, 3.8) is 0 Å². The van der Waals surface area contributed by atoms with Gasteiger partial charge in [-0.1, -0.05) is 43.2 Å². The molecule has 3 rings (SSSR count). The van der Waals surface area contributed by atoms with E-state index in [-0.39, 0.29) is 0 Å². The predicted octanol–water partition coefficient (Wildman–Crippen LogP) is 3.23. The van der Waals surface area contributed by atoms with Crippen LogP contribution < -0.4 is 10.2 Å². The monoisotopic (exact) mass is 303 g/mol. The van der Waals surface area contributed by atoms with Gasteiger partial charge in [0, 0.05) is 11.6 Å². The average Bonchev–Trinajstić information content (AvgIpc) is 2.59. The molecule has 1 aromatic heterocycles. The Kier molecular flexibility index (Phi) is 4.44. The maximum absolute atomic E-state index is 9.78. The summed E-state index contributed by atoms with van der Waals surface area (Å²) >= 11 is 0. The lowest BCUT2D eigenvalue weighted by Crippen LogP contribution is -2.26. The number of hydrogen-bond acceptors (Lipinski definition) is 3. The van der Waals surface area contributed by atoms with Gasteiger partial charge in [-0.3, -0.25) is 4.98 Å². The Hall–Kier alpha value is -2.59. The third kappa shape index (κ3) is 3.60. The molecule has 0 unspecified atom stereocenters. The van der Waals surface area contributed by atoms with Gasteiger partial charge in [0.15, 0.2) is 0 Å². The van der Waals surface area contributed by atoms with Gasteiger partial charge >= 0.3 is 6.92 Å². The smallest absolute Gasteiger partial charge is 0.320 e. The van der Waals surface area contributed by atoms with E-state index >= 15 is 0 Å². The summed E-state index contributed by atoms with van der Waals surface area (Å²) in [6, 6.07) is 15.9. The number of aromatic nitrogens is 1. The number of hydrogen-bond donors (Lipinski definition) is 1. The molecule has 0 aliphatic carbocycles. The topological polar surface area (TPSA) is 42.4 Å². The van der Waals surface area contributed by atoms with E-state index < -0.39 is 6.92 Å². The van der Waals surface area contributed by atoms with E-state index in [0.29, 0.717) is 0 Å². The highest BCUT2D eigenvalue weighted by Gasteiger charge is 2.08. The first-order chi connectivity index (χ1) is 11.2. The first-order valence-corrected chi connectivity index (χ1v) is 7.55. The Morgan fingerprint density at radius 3 is 2.57 bits per heavy atom. The normalized spacial score (nSPS) is 11.1. The molecule has 0 atom stereocenters. The molecule has 23 heavy (non-hydrogen) atoms. The van der Waals surface area contributed by atoms with Crippen LogP contribution in [0, 0.1) is 0 Å². The lowest BCUT2D eigenvalue weighted by Gasteiger charge is -2.07. The van der Waals surface area contributed by atoms with Crippen LogP contribution in [0.1, 0.15) is 11.3 Å². The number of pyridine rings is 1. The minimum absolute atomic E-state index is 0.531. The molecule has 0 amide bonds. The van der Waals surface area contributed by atoms with Crippen LogP contribution >= 0.6 is 0 Å². The van der Waals surface area contributed by atoms with E-state index in [4.69, 9.17) is 4.74 Å². The summed E-state index contributed by atoms with van der Waals surface area (Å²) in [4.78, 5) is 4.45. The molecule has 1 heterocycles. The second-order valence-corrected chi connectivity index (χ2v) is 5.51. The zero-order chi connectivity index (χ0) is 16.2. The minimum Gasteiger partial charge on any atom is -0.497 e. The van der Waals surface area contributed by atoms with Crippen LogP contribution in [0.25, 0.3) is 22.9 Å². The molecule has 0 aliphatic heterocycles. The number of nitrogens with zero attached hydrogens (tertiary/aromatic N) is 1. The number of rotatable bonds is 4. The van der Waals surface area contributed by atoms with Crippen LogP contribution in [0.5, 0.6) is 5.75 Å². The van der Waals surface area contributed by atoms with Crippen LogP contribution in [0.3, 0.4) is 0 Å². The third-order valence-electron chi connectivity index (χ3n) is 3.77. The van der Waals surface area contributed by atoms with Crippen molar-refractivity contribution < 1.29 is 9.76 Å². The van der Waals surface area contributed by atoms with E-state index in [2.05, 4.69) is 17.1 Å². The van der Waals surface area contributed by atoms with E-state index in [1.807, 2.05) is 54.7 Å². The molecule has 0 radical (unpaired) electrons. The van der Waals surface area contributed by atoms with Gasteiger partial charge in [0.1, 0.15) is 5.75 Å². The van der Waals surface area contributed by atoms with Crippen molar-refractivity contribution in [2.75, 3.05) is 7.11 Å². The summed E-state index contributed by atoms with van der Waals surface area (Å²) in [5.41, 5.74) is 2.69. The quantitative estimate of drug-likeness (QED) is 0.752. The van der Waals surface area contributed by atoms with Gasteiger partial charge in [-0.05, 0) is 40.7 Å². The van der Waals surface area contributed by atoms with Gasteiger partial charge < -0.3 is 9.76 Å². The van der Waals surface area contributed by atoms with Gasteiger partial charge in [-0.25, -0.2) is 0 Å². The molecule has 0 saturated heterocycles. The van der Waals surface area contributed by atoms with E-state index in [0.717, 1.165) is 33.2 Å². The molecule has 4 heteroatoms. The van der Waals surface area contributed by atoms with E-state index in [1.165, 1.54) is 0 Å². The lowest BCUT2D eigenvalue weighted by molar-refractivity contribution is 0.415. The summed E-state index contributed by atoms with van der Waals surface area (Å²) < 4.78 is 5.29. The summed E-state index contributed by atoms with van der Waals surface area (Å²) in [6.07, 6.45) is 5.82. The zero-order valence-electron chi connectivity index (χ0n) is 13.2. The van der Waals surface area contributed by atoms with E-state index in [1.54, 1.807) is 13.9 Å². The van der Waals surface area contributed by atoms with Gasteiger partial charge in [0.05, 0.1) is 12.8 Å². The number of fused-ring (bicyclic) bond motifs is 1. The molecular formula is C19H18BNO2. The van der Waals surface area contributed by atoms with Crippen molar-refractivity contribution in [3.05, 3.63) is 66.0 Å². The maximum atomic E-state index is 9.78. The standard InChI is InChI=1S/C19H18BNO2/c1-20(22)17-9-14(10-19(12-17)23-2)7-8-18-11-15-5-3-4-6-16(15)13-21-18/h3-13,22H,1-2H3/b8-7+. The van der Waals surface area contributed by atoms with Gasteiger partial charge in [0.2, 0.25) is 0 Å². The van der Waals surface area contributed by atoms with Crippen molar-refractivity contribution in [1.82, 2.24) is 4.98 Å². The summed E-state index contributed by atoms with van der Waals surface area (Å²) in [7, 11) is 1.62. The molecule has 0 fully saturated rings. The highest BCUT2D eigenvalue weighted by atomic mass is 16.5. The number of methoxy groups -OCH3 is 1. The molecule has 1 N–H and O–H groups in total.